The molecule has 1 fully saturated rings. The summed E-state index contributed by atoms with van der Waals surface area (Å²) in [7, 11) is 0. The van der Waals surface area contributed by atoms with Crippen molar-refractivity contribution < 1.29 is 4.79 Å². The highest BCUT2D eigenvalue weighted by Gasteiger charge is 2.22. The van der Waals surface area contributed by atoms with E-state index in [1.807, 2.05) is 12.1 Å². The number of carbonyl (C=O) groups is 1. The van der Waals surface area contributed by atoms with Crippen molar-refractivity contribution >= 4 is 28.7 Å². The third kappa shape index (κ3) is 1.90. The van der Waals surface area contributed by atoms with Crippen LogP contribution in [0.15, 0.2) is 29.4 Å². The van der Waals surface area contributed by atoms with Crippen LogP contribution < -0.4 is 0 Å². The van der Waals surface area contributed by atoms with Crippen molar-refractivity contribution in [3.63, 3.8) is 0 Å². The fourth-order valence-corrected chi connectivity index (χ4v) is 2.03. The highest BCUT2D eigenvalue weighted by atomic mass is 32.2. The zero-order chi connectivity index (χ0) is 9.97. The maximum absolute atomic E-state index is 11.3. The van der Waals surface area contributed by atoms with Crippen LogP contribution in [0, 0.1) is 5.41 Å². The van der Waals surface area contributed by atoms with Gasteiger partial charge in [-0.3, -0.25) is 15.2 Å². The SMILES string of the molecule is N=C1CC(=O)/C(=C/c2cccnc2)S1. The van der Waals surface area contributed by atoms with E-state index >= 15 is 0 Å². The average Bonchev–Trinajstić information content (AvgIpc) is 2.47. The van der Waals surface area contributed by atoms with E-state index < -0.39 is 0 Å². The monoisotopic (exact) mass is 204 g/mol. The van der Waals surface area contributed by atoms with E-state index in [1.165, 1.54) is 11.8 Å². The fraction of sp³-hybridized carbons (Fsp3) is 0.100. The van der Waals surface area contributed by atoms with E-state index in [2.05, 4.69) is 4.98 Å². The minimum absolute atomic E-state index is 0.0313. The zero-order valence-electron chi connectivity index (χ0n) is 7.36. The van der Waals surface area contributed by atoms with E-state index in [0.717, 1.165) is 5.56 Å². The van der Waals surface area contributed by atoms with Crippen LogP contribution in [0.2, 0.25) is 0 Å². The van der Waals surface area contributed by atoms with Crippen molar-refractivity contribution in [2.75, 3.05) is 0 Å². The molecule has 14 heavy (non-hydrogen) atoms. The van der Waals surface area contributed by atoms with Gasteiger partial charge in [-0.15, -0.1) is 0 Å². The molecule has 0 bridgehead atoms. The average molecular weight is 204 g/mol. The van der Waals surface area contributed by atoms with Gasteiger partial charge in [0.25, 0.3) is 0 Å². The molecule has 3 nitrogen and oxygen atoms in total. The van der Waals surface area contributed by atoms with E-state index in [1.54, 1.807) is 18.5 Å². The molecule has 1 aliphatic rings. The summed E-state index contributed by atoms with van der Waals surface area (Å²) in [6, 6.07) is 3.71. The largest absolute Gasteiger partial charge is 0.298 e. The molecular formula is C10H8N2OS. The molecule has 2 heterocycles. The Kier molecular flexibility index (Phi) is 2.45. The van der Waals surface area contributed by atoms with Gasteiger partial charge < -0.3 is 0 Å². The van der Waals surface area contributed by atoms with Crippen LogP contribution in [0.25, 0.3) is 6.08 Å². The Bertz CT molecular complexity index is 411. The predicted octanol–water partition coefficient (Wildman–Crippen LogP) is 2.11. The molecule has 1 aromatic heterocycles. The van der Waals surface area contributed by atoms with Gasteiger partial charge in [-0.05, 0) is 17.7 Å². The molecule has 0 aromatic carbocycles. The van der Waals surface area contributed by atoms with E-state index in [4.69, 9.17) is 5.41 Å². The molecule has 0 atom stereocenters. The number of thioether (sulfide) groups is 1. The number of hydrogen-bond donors (Lipinski definition) is 1. The molecule has 0 saturated carbocycles. The first kappa shape index (κ1) is 9.15. The highest BCUT2D eigenvalue weighted by Crippen LogP contribution is 2.30. The minimum atomic E-state index is 0.0313. The summed E-state index contributed by atoms with van der Waals surface area (Å²) >= 11 is 1.24. The van der Waals surface area contributed by atoms with Crippen LogP contribution in [-0.4, -0.2) is 15.8 Å². The van der Waals surface area contributed by atoms with Gasteiger partial charge >= 0.3 is 0 Å². The van der Waals surface area contributed by atoms with Gasteiger partial charge in [0.1, 0.15) is 0 Å². The second-order valence-electron chi connectivity index (χ2n) is 2.92. The number of ketones is 1. The van der Waals surface area contributed by atoms with Crippen LogP contribution in [0.1, 0.15) is 12.0 Å². The predicted molar refractivity (Wildman–Crippen MR) is 57.2 cm³/mol. The molecule has 0 spiro atoms. The summed E-state index contributed by atoms with van der Waals surface area (Å²) in [4.78, 5) is 15.9. The van der Waals surface area contributed by atoms with Crippen LogP contribution >= 0.6 is 11.8 Å². The lowest BCUT2D eigenvalue weighted by Gasteiger charge is -1.93. The lowest BCUT2D eigenvalue weighted by atomic mass is 10.2. The van der Waals surface area contributed by atoms with Gasteiger partial charge in [-0.25, -0.2) is 0 Å². The maximum atomic E-state index is 11.3. The summed E-state index contributed by atoms with van der Waals surface area (Å²) in [5, 5.41) is 7.78. The standard InChI is InChI=1S/C10H8N2OS/c11-10-5-8(13)9(14-10)4-7-2-1-3-12-6-7/h1-4,6,11H,5H2/b9-4-,11-10?. The van der Waals surface area contributed by atoms with Gasteiger partial charge in [-0.2, -0.15) is 0 Å². The minimum Gasteiger partial charge on any atom is -0.298 e. The van der Waals surface area contributed by atoms with Crippen LogP contribution in [0.3, 0.4) is 0 Å². The molecule has 2 rings (SSSR count). The van der Waals surface area contributed by atoms with Crippen LogP contribution in [-0.2, 0) is 4.79 Å². The summed E-state index contributed by atoms with van der Waals surface area (Å²) in [5.74, 6) is 0.0313. The number of hydrogen-bond acceptors (Lipinski definition) is 4. The molecular weight excluding hydrogens is 196 g/mol. The Balaban J connectivity index is 2.28. The molecule has 70 valence electrons. The molecule has 0 radical (unpaired) electrons. The molecule has 0 aliphatic carbocycles. The van der Waals surface area contributed by atoms with Crippen LogP contribution in [0.4, 0.5) is 0 Å². The van der Waals surface area contributed by atoms with E-state index in [-0.39, 0.29) is 12.2 Å². The lowest BCUT2D eigenvalue weighted by molar-refractivity contribution is -0.113. The summed E-state index contributed by atoms with van der Waals surface area (Å²) in [6.07, 6.45) is 5.41. The third-order valence-electron chi connectivity index (χ3n) is 1.81. The third-order valence-corrected chi connectivity index (χ3v) is 2.77. The summed E-state index contributed by atoms with van der Waals surface area (Å²) in [5.41, 5.74) is 0.901. The van der Waals surface area contributed by atoms with Gasteiger partial charge in [0, 0.05) is 12.4 Å². The van der Waals surface area contributed by atoms with Crippen molar-refractivity contribution in [1.29, 1.82) is 5.41 Å². The Morgan fingerprint density at radius 2 is 2.43 bits per heavy atom. The van der Waals surface area contributed by atoms with Gasteiger partial charge in [0.05, 0.1) is 16.4 Å². The molecule has 1 N–H and O–H groups in total. The molecule has 1 aromatic rings. The topological polar surface area (TPSA) is 53.8 Å². The normalized spacial score (nSPS) is 19.3. The first-order chi connectivity index (χ1) is 6.75. The second kappa shape index (κ2) is 3.75. The first-order valence-electron chi connectivity index (χ1n) is 4.16. The van der Waals surface area contributed by atoms with Gasteiger partial charge in [0.15, 0.2) is 5.78 Å². The molecule has 4 heteroatoms. The Hall–Kier alpha value is -1.42. The fourth-order valence-electron chi connectivity index (χ4n) is 1.18. The van der Waals surface area contributed by atoms with Crippen molar-refractivity contribution in [2.45, 2.75) is 6.42 Å². The molecule has 1 aliphatic heterocycles. The first-order valence-corrected chi connectivity index (χ1v) is 4.97. The maximum Gasteiger partial charge on any atom is 0.176 e. The van der Waals surface area contributed by atoms with Crippen LogP contribution in [0.5, 0.6) is 0 Å². The van der Waals surface area contributed by atoms with Crippen molar-refractivity contribution in [3.8, 4) is 0 Å². The van der Waals surface area contributed by atoms with E-state index in [9.17, 15) is 4.79 Å². The van der Waals surface area contributed by atoms with E-state index in [0.29, 0.717) is 9.95 Å². The number of allylic oxidation sites excluding steroid dienone is 1. The van der Waals surface area contributed by atoms with Crippen molar-refractivity contribution in [3.05, 3.63) is 35.0 Å². The van der Waals surface area contributed by atoms with Gasteiger partial charge in [-0.1, -0.05) is 17.8 Å². The number of pyridine rings is 1. The number of nitrogens with zero attached hydrogens (tertiary/aromatic N) is 1. The number of rotatable bonds is 1. The summed E-state index contributed by atoms with van der Waals surface area (Å²) < 4.78 is 0. The number of carbonyl (C=O) groups excluding carboxylic acids is 1. The molecule has 0 unspecified atom stereocenters. The second-order valence-corrected chi connectivity index (χ2v) is 4.06. The summed E-state index contributed by atoms with van der Waals surface area (Å²) in [6.45, 7) is 0. The highest BCUT2D eigenvalue weighted by molar-refractivity contribution is 8.18. The molecule has 1 saturated heterocycles. The van der Waals surface area contributed by atoms with Crippen molar-refractivity contribution in [2.24, 2.45) is 0 Å². The Morgan fingerprint density at radius 1 is 1.57 bits per heavy atom. The zero-order valence-corrected chi connectivity index (χ0v) is 8.17. The number of aromatic nitrogens is 1. The Labute approximate surface area is 85.8 Å². The smallest absolute Gasteiger partial charge is 0.176 e. The number of Topliss-reactive ketones (excluding diaryl/α,β-unsaturated/α-hetero) is 1. The number of nitrogens with one attached hydrogen (secondary N) is 1. The lowest BCUT2D eigenvalue weighted by Crippen LogP contribution is -1.91. The quantitative estimate of drug-likeness (QED) is 0.713. The van der Waals surface area contributed by atoms with Crippen molar-refractivity contribution in [1.82, 2.24) is 4.98 Å². The molecule has 0 amide bonds. The Morgan fingerprint density at radius 3 is 3.00 bits per heavy atom. The van der Waals surface area contributed by atoms with Gasteiger partial charge in [0.2, 0.25) is 0 Å².